The van der Waals surface area contributed by atoms with E-state index in [9.17, 15) is 9.90 Å². The predicted molar refractivity (Wildman–Crippen MR) is 112 cm³/mol. The maximum Gasteiger partial charge on any atom is 0.407 e. The molecule has 1 aromatic rings. The molecule has 7 heteroatoms. The normalized spacial score (nSPS) is 29.2. The van der Waals surface area contributed by atoms with Crippen molar-refractivity contribution in [2.24, 2.45) is 0 Å². The number of carbonyl (C=O) groups is 1. The van der Waals surface area contributed by atoms with Crippen LogP contribution < -0.4 is 5.32 Å². The van der Waals surface area contributed by atoms with Crippen LogP contribution in [0, 0.1) is 0 Å². The monoisotopic (exact) mass is 409 g/mol. The summed E-state index contributed by atoms with van der Waals surface area (Å²) in [6.07, 6.45) is 6.00. The largest absolute Gasteiger partial charge is 0.444 e. The van der Waals surface area contributed by atoms with Crippen molar-refractivity contribution in [3.63, 3.8) is 0 Å². The average Bonchev–Trinajstić information content (AvgIpc) is 3.23. The van der Waals surface area contributed by atoms with Crippen LogP contribution >= 0.6 is 11.3 Å². The zero-order chi connectivity index (χ0) is 20.5. The third kappa shape index (κ3) is 5.24. The molecule has 0 spiro atoms. The Morgan fingerprint density at radius 3 is 2.61 bits per heavy atom. The standard InChI is InChI=1S/C21H35N3O3S/c1-14(2)18-22-12-17(28-18)21(26)9-6-16(7-10-21)24-11-8-15(13-24)23-19(25)27-20(3,4)5/h12,14-16,26H,6-11,13H2,1-5H3,(H,23,25)/t15-,16?,21?/m0/s1. The number of nitrogens with one attached hydrogen (secondary N) is 1. The molecule has 1 atom stereocenters. The summed E-state index contributed by atoms with van der Waals surface area (Å²) in [5, 5.41) is 15.3. The lowest BCUT2D eigenvalue weighted by Gasteiger charge is -2.39. The Labute approximate surface area is 172 Å². The quantitative estimate of drug-likeness (QED) is 0.786. The molecule has 0 unspecified atom stereocenters. The summed E-state index contributed by atoms with van der Waals surface area (Å²) in [5.74, 6) is 0.401. The topological polar surface area (TPSA) is 74.7 Å². The van der Waals surface area contributed by atoms with Crippen LogP contribution in [0.5, 0.6) is 0 Å². The summed E-state index contributed by atoms with van der Waals surface area (Å²) >= 11 is 1.66. The lowest BCUT2D eigenvalue weighted by atomic mass is 9.81. The third-order valence-corrected chi connectivity index (χ3v) is 7.21. The fraction of sp³-hybridized carbons (Fsp3) is 0.810. The second kappa shape index (κ2) is 8.28. The van der Waals surface area contributed by atoms with Gasteiger partial charge in [-0.25, -0.2) is 9.78 Å². The van der Waals surface area contributed by atoms with Crippen LogP contribution in [-0.2, 0) is 10.3 Å². The van der Waals surface area contributed by atoms with Crippen molar-refractivity contribution >= 4 is 17.4 Å². The molecule has 1 saturated heterocycles. The van der Waals surface area contributed by atoms with E-state index in [2.05, 4.69) is 29.0 Å². The molecule has 1 saturated carbocycles. The highest BCUT2D eigenvalue weighted by Crippen LogP contribution is 2.42. The van der Waals surface area contributed by atoms with Gasteiger partial charge >= 0.3 is 6.09 Å². The van der Waals surface area contributed by atoms with E-state index in [1.54, 1.807) is 11.3 Å². The lowest BCUT2D eigenvalue weighted by molar-refractivity contribution is -0.0195. The SMILES string of the molecule is CC(C)c1ncc(C2(O)CCC(N3CC[C@H](NC(=O)OC(C)(C)C)C3)CC2)s1. The van der Waals surface area contributed by atoms with E-state index in [0.717, 1.165) is 55.1 Å². The number of aromatic nitrogens is 1. The fourth-order valence-electron chi connectivity index (χ4n) is 4.17. The molecule has 28 heavy (non-hydrogen) atoms. The Morgan fingerprint density at radius 1 is 1.36 bits per heavy atom. The highest BCUT2D eigenvalue weighted by Gasteiger charge is 2.40. The van der Waals surface area contributed by atoms with Crippen LogP contribution in [-0.4, -0.2) is 51.9 Å². The number of amides is 1. The molecule has 1 aliphatic carbocycles. The van der Waals surface area contributed by atoms with Gasteiger partial charge in [-0.3, -0.25) is 4.90 Å². The highest BCUT2D eigenvalue weighted by molar-refractivity contribution is 7.11. The smallest absolute Gasteiger partial charge is 0.407 e. The molecule has 2 fully saturated rings. The first kappa shape index (κ1) is 21.5. The number of hydrogen-bond donors (Lipinski definition) is 2. The van der Waals surface area contributed by atoms with E-state index in [1.165, 1.54) is 0 Å². The van der Waals surface area contributed by atoms with Crippen LogP contribution in [0.3, 0.4) is 0 Å². The van der Waals surface area contributed by atoms with Gasteiger partial charge in [0.1, 0.15) is 11.2 Å². The highest BCUT2D eigenvalue weighted by atomic mass is 32.1. The molecule has 6 nitrogen and oxygen atoms in total. The summed E-state index contributed by atoms with van der Waals surface area (Å²) in [5.41, 5.74) is -1.20. The third-order valence-electron chi connectivity index (χ3n) is 5.72. The van der Waals surface area contributed by atoms with Gasteiger partial charge in [-0.05, 0) is 52.9 Å². The molecule has 158 valence electrons. The fourth-order valence-corrected chi connectivity index (χ4v) is 5.24. The van der Waals surface area contributed by atoms with Crippen LogP contribution in [0.4, 0.5) is 4.79 Å². The number of thiazole rings is 1. The molecule has 1 aliphatic heterocycles. The number of likely N-dealkylation sites (tertiary alicyclic amines) is 1. The molecule has 3 rings (SSSR count). The predicted octanol–water partition coefficient (Wildman–Crippen LogP) is 4.00. The van der Waals surface area contributed by atoms with Crippen molar-refractivity contribution in [3.8, 4) is 0 Å². The van der Waals surface area contributed by atoms with Gasteiger partial charge in [-0.2, -0.15) is 0 Å². The van der Waals surface area contributed by atoms with Gasteiger partial charge < -0.3 is 15.2 Å². The summed E-state index contributed by atoms with van der Waals surface area (Å²) < 4.78 is 5.37. The first-order valence-electron chi connectivity index (χ1n) is 10.5. The van der Waals surface area contributed by atoms with Crippen molar-refractivity contribution in [3.05, 3.63) is 16.1 Å². The molecule has 2 N–H and O–H groups in total. The van der Waals surface area contributed by atoms with Gasteiger partial charge in [0, 0.05) is 37.3 Å². The van der Waals surface area contributed by atoms with Crippen LogP contribution in [0.25, 0.3) is 0 Å². The first-order valence-corrected chi connectivity index (χ1v) is 11.3. The van der Waals surface area contributed by atoms with Gasteiger partial charge in [-0.15, -0.1) is 11.3 Å². The maximum absolute atomic E-state index is 12.0. The van der Waals surface area contributed by atoms with E-state index in [-0.39, 0.29) is 12.1 Å². The molecule has 2 heterocycles. The van der Waals surface area contributed by atoms with Crippen LogP contribution in [0.15, 0.2) is 6.20 Å². The van der Waals surface area contributed by atoms with Crippen molar-refractivity contribution < 1.29 is 14.6 Å². The number of nitrogens with zero attached hydrogens (tertiary/aromatic N) is 2. The number of aliphatic hydroxyl groups is 1. The van der Waals surface area contributed by atoms with E-state index >= 15 is 0 Å². The molecule has 0 aromatic carbocycles. The van der Waals surface area contributed by atoms with Crippen molar-refractivity contribution in [2.75, 3.05) is 13.1 Å². The summed E-state index contributed by atoms with van der Waals surface area (Å²) in [4.78, 5) is 20.0. The van der Waals surface area contributed by atoms with Gasteiger partial charge in [0.05, 0.1) is 9.88 Å². The molecule has 0 radical (unpaired) electrons. The molecule has 1 amide bonds. The van der Waals surface area contributed by atoms with E-state index in [1.807, 2.05) is 27.0 Å². The number of hydrogen-bond acceptors (Lipinski definition) is 6. The number of alkyl carbamates (subject to hydrolysis) is 1. The summed E-state index contributed by atoms with van der Waals surface area (Å²) in [7, 11) is 0. The van der Waals surface area contributed by atoms with Crippen molar-refractivity contribution in [1.29, 1.82) is 0 Å². The van der Waals surface area contributed by atoms with Crippen LogP contribution in [0.2, 0.25) is 0 Å². The van der Waals surface area contributed by atoms with Gasteiger partial charge in [-0.1, -0.05) is 13.8 Å². The summed E-state index contributed by atoms with van der Waals surface area (Å²) in [6.45, 7) is 11.8. The zero-order valence-corrected chi connectivity index (χ0v) is 18.6. The molecule has 1 aromatic heterocycles. The number of ether oxygens (including phenoxy) is 1. The second-order valence-corrected chi connectivity index (χ2v) is 10.7. The van der Waals surface area contributed by atoms with Crippen LogP contribution in [0.1, 0.15) is 82.5 Å². The Morgan fingerprint density at radius 2 is 2.04 bits per heavy atom. The second-order valence-electron chi connectivity index (χ2n) is 9.61. The maximum atomic E-state index is 12.0. The molecule has 0 bridgehead atoms. The molecule has 2 aliphatic rings. The van der Waals surface area contributed by atoms with Crippen molar-refractivity contribution in [2.45, 2.75) is 95.9 Å². The Bertz CT molecular complexity index is 675. The Balaban J connectivity index is 1.49. The lowest BCUT2D eigenvalue weighted by Crippen LogP contribution is -2.44. The van der Waals surface area contributed by atoms with E-state index in [4.69, 9.17) is 4.74 Å². The molecular formula is C21H35N3O3S. The average molecular weight is 410 g/mol. The number of carbonyl (C=O) groups excluding carboxylic acids is 1. The van der Waals surface area contributed by atoms with Gasteiger partial charge in [0.15, 0.2) is 0 Å². The number of rotatable bonds is 4. The Kier molecular flexibility index (Phi) is 6.37. The van der Waals surface area contributed by atoms with E-state index < -0.39 is 11.2 Å². The minimum absolute atomic E-state index is 0.144. The minimum atomic E-state index is -0.727. The van der Waals surface area contributed by atoms with Gasteiger partial charge in [0.25, 0.3) is 0 Å². The zero-order valence-electron chi connectivity index (χ0n) is 17.8. The van der Waals surface area contributed by atoms with E-state index in [0.29, 0.717) is 12.0 Å². The van der Waals surface area contributed by atoms with Gasteiger partial charge in [0.2, 0.25) is 0 Å². The minimum Gasteiger partial charge on any atom is -0.444 e. The first-order chi connectivity index (χ1) is 13.1. The Hall–Kier alpha value is -1.18. The van der Waals surface area contributed by atoms with Crippen molar-refractivity contribution in [1.82, 2.24) is 15.2 Å². The molecular weight excluding hydrogens is 374 g/mol. The summed E-state index contributed by atoms with van der Waals surface area (Å²) in [6, 6.07) is 0.619.